The lowest BCUT2D eigenvalue weighted by Gasteiger charge is -2.18. The van der Waals surface area contributed by atoms with Gasteiger partial charge in [-0.1, -0.05) is 30.3 Å². The van der Waals surface area contributed by atoms with E-state index in [2.05, 4.69) is 17.4 Å². The summed E-state index contributed by atoms with van der Waals surface area (Å²) < 4.78 is 10.6. The van der Waals surface area contributed by atoms with Gasteiger partial charge in [0.2, 0.25) is 0 Å². The lowest BCUT2D eigenvalue weighted by Crippen LogP contribution is -2.28. The van der Waals surface area contributed by atoms with Crippen molar-refractivity contribution in [2.24, 2.45) is 0 Å². The van der Waals surface area contributed by atoms with E-state index >= 15 is 0 Å². The van der Waals surface area contributed by atoms with Crippen LogP contribution in [0.4, 0.5) is 0 Å². The first-order chi connectivity index (χ1) is 10.7. The minimum atomic E-state index is -0.377. The Hall–Kier alpha value is -2.04. The van der Waals surface area contributed by atoms with Crippen LogP contribution in [0.15, 0.2) is 42.5 Å². The first-order valence-electron chi connectivity index (χ1n) is 7.43. The molecule has 0 spiro atoms. The Labute approximate surface area is 130 Å². The van der Waals surface area contributed by atoms with Gasteiger partial charge in [0, 0.05) is 13.0 Å². The van der Waals surface area contributed by atoms with Gasteiger partial charge in [-0.05, 0) is 28.8 Å². The third kappa shape index (κ3) is 2.80. The molecule has 0 heterocycles. The summed E-state index contributed by atoms with van der Waals surface area (Å²) in [4.78, 5) is 0. The molecule has 116 valence electrons. The molecule has 0 amide bonds. The minimum absolute atomic E-state index is 0.0238. The second kappa shape index (κ2) is 6.38. The second-order valence-electron chi connectivity index (χ2n) is 5.52. The largest absolute Gasteiger partial charge is 0.493 e. The Kier molecular flexibility index (Phi) is 4.32. The van der Waals surface area contributed by atoms with Crippen molar-refractivity contribution in [3.05, 3.63) is 59.2 Å². The Morgan fingerprint density at radius 1 is 1.09 bits per heavy atom. The number of aliphatic hydroxyl groups is 1. The molecule has 0 saturated carbocycles. The molecular weight excluding hydrogens is 278 g/mol. The van der Waals surface area contributed by atoms with E-state index in [0.29, 0.717) is 18.7 Å². The van der Waals surface area contributed by atoms with Gasteiger partial charge in [-0.3, -0.25) is 0 Å². The molecule has 0 aliphatic heterocycles. The molecule has 1 aliphatic carbocycles. The average molecular weight is 299 g/mol. The van der Waals surface area contributed by atoms with Crippen LogP contribution >= 0.6 is 0 Å². The Balaban J connectivity index is 1.73. The molecule has 4 heteroatoms. The molecule has 2 atom stereocenters. The summed E-state index contributed by atoms with van der Waals surface area (Å²) in [5, 5.41) is 13.7. The van der Waals surface area contributed by atoms with E-state index in [0.717, 1.165) is 11.3 Å². The van der Waals surface area contributed by atoms with Crippen molar-refractivity contribution in [2.45, 2.75) is 25.1 Å². The van der Waals surface area contributed by atoms with Crippen molar-refractivity contribution in [1.82, 2.24) is 5.32 Å². The summed E-state index contributed by atoms with van der Waals surface area (Å²) in [6.45, 7) is 0.663. The maximum absolute atomic E-state index is 10.3. The first kappa shape index (κ1) is 14.9. The van der Waals surface area contributed by atoms with Crippen LogP contribution in [0.3, 0.4) is 0 Å². The zero-order chi connectivity index (χ0) is 15.5. The van der Waals surface area contributed by atoms with Gasteiger partial charge in [-0.25, -0.2) is 0 Å². The molecule has 0 bridgehead atoms. The van der Waals surface area contributed by atoms with Crippen LogP contribution in [0, 0.1) is 0 Å². The van der Waals surface area contributed by atoms with Crippen molar-refractivity contribution < 1.29 is 14.6 Å². The zero-order valence-electron chi connectivity index (χ0n) is 12.9. The number of rotatable bonds is 5. The van der Waals surface area contributed by atoms with Crippen LogP contribution in [-0.4, -0.2) is 25.4 Å². The Bertz CT molecular complexity index is 657. The summed E-state index contributed by atoms with van der Waals surface area (Å²) in [6, 6.07) is 14.0. The normalized spacial score (nSPS) is 19.8. The third-order valence-corrected chi connectivity index (χ3v) is 4.18. The van der Waals surface area contributed by atoms with E-state index in [1.54, 1.807) is 14.2 Å². The molecule has 1 aliphatic rings. The number of nitrogens with one attached hydrogen (secondary N) is 1. The van der Waals surface area contributed by atoms with Crippen LogP contribution in [0.25, 0.3) is 0 Å². The van der Waals surface area contributed by atoms with Gasteiger partial charge >= 0.3 is 0 Å². The summed E-state index contributed by atoms with van der Waals surface area (Å²) in [7, 11) is 3.26. The molecule has 2 aromatic rings. The van der Waals surface area contributed by atoms with Crippen LogP contribution in [-0.2, 0) is 13.0 Å². The fourth-order valence-corrected chi connectivity index (χ4v) is 3.04. The average Bonchev–Trinajstić information content (AvgIpc) is 2.87. The van der Waals surface area contributed by atoms with E-state index in [4.69, 9.17) is 9.47 Å². The number of aliphatic hydroxyl groups excluding tert-OH is 1. The molecule has 0 fully saturated rings. The van der Waals surface area contributed by atoms with Gasteiger partial charge in [0.05, 0.1) is 26.4 Å². The SMILES string of the molecule is COc1ccc(CN[C@@H]2c3ccccc3C[C@@H]2O)cc1OC. The quantitative estimate of drug-likeness (QED) is 0.890. The van der Waals surface area contributed by atoms with Gasteiger partial charge in [-0.2, -0.15) is 0 Å². The molecule has 0 unspecified atom stereocenters. The predicted molar refractivity (Wildman–Crippen MR) is 85.3 cm³/mol. The van der Waals surface area contributed by atoms with E-state index in [-0.39, 0.29) is 12.1 Å². The van der Waals surface area contributed by atoms with Gasteiger partial charge in [0.25, 0.3) is 0 Å². The summed E-state index contributed by atoms with van der Waals surface area (Å²) in [5.41, 5.74) is 3.50. The molecule has 0 radical (unpaired) electrons. The van der Waals surface area contributed by atoms with Crippen LogP contribution in [0.5, 0.6) is 11.5 Å². The van der Waals surface area contributed by atoms with E-state index in [1.807, 2.05) is 30.3 Å². The van der Waals surface area contributed by atoms with E-state index < -0.39 is 0 Å². The molecule has 3 rings (SSSR count). The fraction of sp³-hybridized carbons (Fsp3) is 0.333. The number of fused-ring (bicyclic) bond motifs is 1. The lowest BCUT2D eigenvalue weighted by molar-refractivity contribution is 0.140. The van der Waals surface area contributed by atoms with Crippen molar-refractivity contribution >= 4 is 0 Å². The smallest absolute Gasteiger partial charge is 0.161 e. The van der Waals surface area contributed by atoms with Crippen molar-refractivity contribution in [2.75, 3.05) is 14.2 Å². The predicted octanol–water partition coefficient (Wildman–Crippen LogP) is 2.45. The fourth-order valence-electron chi connectivity index (χ4n) is 3.04. The van der Waals surface area contributed by atoms with Crippen LogP contribution in [0.1, 0.15) is 22.7 Å². The van der Waals surface area contributed by atoms with Gasteiger partial charge in [-0.15, -0.1) is 0 Å². The highest BCUT2D eigenvalue weighted by atomic mass is 16.5. The van der Waals surface area contributed by atoms with Crippen molar-refractivity contribution in [1.29, 1.82) is 0 Å². The monoisotopic (exact) mass is 299 g/mol. The maximum Gasteiger partial charge on any atom is 0.161 e. The van der Waals surface area contributed by atoms with Gasteiger partial charge in [0.1, 0.15) is 0 Å². The summed E-state index contributed by atoms with van der Waals surface area (Å²) >= 11 is 0. The number of methoxy groups -OCH3 is 2. The zero-order valence-corrected chi connectivity index (χ0v) is 12.9. The molecule has 0 saturated heterocycles. The summed E-state index contributed by atoms with van der Waals surface area (Å²) in [6.07, 6.45) is 0.331. The van der Waals surface area contributed by atoms with E-state index in [1.165, 1.54) is 11.1 Å². The van der Waals surface area contributed by atoms with Crippen molar-refractivity contribution in [3.8, 4) is 11.5 Å². The van der Waals surface area contributed by atoms with Gasteiger partial charge < -0.3 is 19.9 Å². The number of hydrogen-bond acceptors (Lipinski definition) is 4. The maximum atomic E-state index is 10.3. The topological polar surface area (TPSA) is 50.7 Å². The highest BCUT2D eigenvalue weighted by Crippen LogP contribution is 2.32. The van der Waals surface area contributed by atoms with Crippen LogP contribution in [0.2, 0.25) is 0 Å². The number of benzene rings is 2. The highest BCUT2D eigenvalue weighted by molar-refractivity contribution is 5.43. The third-order valence-electron chi connectivity index (χ3n) is 4.18. The Morgan fingerprint density at radius 3 is 2.64 bits per heavy atom. The molecule has 2 aromatic carbocycles. The summed E-state index contributed by atoms with van der Waals surface area (Å²) in [5.74, 6) is 1.44. The molecule has 4 nitrogen and oxygen atoms in total. The van der Waals surface area contributed by atoms with Gasteiger partial charge in [0.15, 0.2) is 11.5 Å². The first-order valence-corrected chi connectivity index (χ1v) is 7.43. The minimum Gasteiger partial charge on any atom is -0.493 e. The second-order valence-corrected chi connectivity index (χ2v) is 5.52. The number of hydrogen-bond donors (Lipinski definition) is 2. The van der Waals surface area contributed by atoms with Crippen LogP contribution < -0.4 is 14.8 Å². The molecular formula is C18H21NO3. The molecule has 2 N–H and O–H groups in total. The highest BCUT2D eigenvalue weighted by Gasteiger charge is 2.30. The van der Waals surface area contributed by atoms with Crippen molar-refractivity contribution in [3.63, 3.8) is 0 Å². The lowest BCUT2D eigenvalue weighted by atomic mass is 10.1. The standard InChI is InChI=1S/C18H21NO3/c1-21-16-8-7-12(9-17(16)22-2)11-19-18-14-6-4-3-5-13(14)10-15(18)20/h3-9,15,18-20H,10-11H2,1-2H3/t15-,18+/m0/s1. The number of ether oxygens (including phenoxy) is 2. The van der Waals surface area contributed by atoms with E-state index in [9.17, 15) is 5.11 Å². The molecule has 0 aromatic heterocycles. The Morgan fingerprint density at radius 2 is 1.86 bits per heavy atom. The molecule has 22 heavy (non-hydrogen) atoms.